The average molecular weight is 378 g/mol. The summed E-state index contributed by atoms with van der Waals surface area (Å²) in [5.41, 5.74) is 1.04. The van der Waals surface area contributed by atoms with Crippen molar-refractivity contribution in [3.05, 3.63) is 31.8 Å². The van der Waals surface area contributed by atoms with Crippen LogP contribution >= 0.6 is 50.5 Å². The van der Waals surface area contributed by atoms with E-state index in [0.29, 0.717) is 16.9 Å². The highest BCUT2D eigenvalue weighted by molar-refractivity contribution is 9.10. The van der Waals surface area contributed by atoms with Gasteiger partial charge in [-0.15, -0.1) is 11.3 Å². The summed E-state index contributed by atoms with van der Waals surface area (Å²) in [6, 6.07) is 3.79. The Labute approximate surface area is 134 Å². The van der Waals surface area contributed by atoms with E-state index < -0.39 is 0 Å². The molecule has 2 heterocycles. The van der Waals surface area contributed by atoms with E-state index in [-0.39, 0.29) is 0 Å². The van der Waals surface area contributed by atoms with Crippen LogP contribution in [0.15, 0.2) is 16.6 Å². The molecule has 6 heteroatoms. The van der Waals surface area contributed by atoms with Gasteiger partial charge >= 0.3 is 0 Å². The van der Waals surface area contributed by atoms with Gasteiger partial charge in [-0.05, 0) is 40.9 Å². The quantitative estimate of drug-likeness (QED) is 0.606. The molecule has 1 saturated carbocycles. The van der Waals surface area contributed by atoms with Crippen molar-refractivity contribution < 1.29 is 0 Å². The van der Waals surface area contributed by atoms with Gasteiger partial charge in [0.2, 0.25) is 0 Å². The number of hydrogen-bond donors (Lipinski definition) is 0. The largest absolute Gasteiger partial charge is 0.231 e. The van der Waals surface area contributed by atoms with Crippen LogP contribution in [0.5, 0.6) is 0 Å². The predicted octanol–water partition coefficient (Wildman–Crippen LogP) is 5.93. The van der Waals surface area contributed by atoms with Gasteiger partial charge < -0.3 is 0 Å². The molecule has 3 rings (SSSR count). The zero-order chi connectivity index (χ0) is 13.4. The Bertz CT molecular complexity index is 609. The number of nitrogens with zero attached hydrogens (tertiary/aromatic N) is 2. The predicted molar refractivity (Wildman–Crippen MR) is 84.3 cm³/mol. The first-order chi connectivity index (χ1) is 9.15. The van der Waals surface area contributed by atoms with E-state index in [1.54, 1.807) is 0 Å². The average Bonchev–Trinajstić information content (AvgIpc) is 3.03. The van der Waals surface area contributed by atoms with Gasteiger partial charge in [0.25, 0.3) is 0 Å². The van der Waals surface area contributed by atoms with Crippen LogP contribution in [-0.2, 0) is 0 Å². The molecule has 2 nitrogen and oxygen atoms in total. The molecule has 0 saturated heterocycles. The van der Waals surface area contributed by atoms with Crippen molar-refractivity contribution in [3.8, 4) is 10.7 Å². The highest BCUT2D eigenvalue weighted by Gasteiger charge is 2.24. The molecular weight excluding hydrogens is 367 g/mol. The highest BCUT2D eigenvalue weighted by atomic mass is 79.9. The number of rotatable bonds is 2. The standard InChI is InChI=1S/C13H11BrCl2N2S/c14-10-11(7-3-1-2-4-7)17-13(18-12(10)16)8-5-6-9(15)19-8/h5-7H,1-4H2. The molecule has 0 radical (unpaired) electrons. The van der Waals surface area contributed by atoms with E-state index in [1.165, 1.54) is 37.0 Å². The fourth-order valence-corrected chi connectivity index (χ4v) is 4.11. The van der Waals surface area contributed by atoms with Crippen LogP contribution in [0.25, 0.3) is 10.7 Å². The lowest BCUT2D eigenvalue weighted by Crippen LogP contribution is -2.02. The van der Waals surface area contributed by atoms with Gasteiger partial charge in [-0.25, -0.2) is 9.97 Å². The van der Waals surface area contributed by atoms with Crippen LogP contribution in [0.2, 0.25) is 9.49 Å². The number of aromatic nitrogens is 2. The molecule has 1 aliphatic carbocycles. The minimum atomic E-state index is 0.483. The van der Waals surface area contributed by atoms with E-state index in [1.807, 2.05) is 12.1 Å². The fourth-order valence-electron chi connectivity index (χ4n) is 2.45. The first-order valence-corrected chi connectivity index (χ1v) is 8.50. The third-order valence-corrected chi connectivity index (χ3v) is 5.88. The molecule has 2 aromatic heterocycles. The van der Waals surface area contributed by atoms with E-state index in [2.05, 4.69) is 20.9 Å². The summed E-state index contributed by atoms with van der Waals surface area (Å²) in [6.45, 7) is 0. The number of halogens is 3. The Morgan fingerprint density at radius 1 is 1.16 bits per heavy atom. The Balaban J connectivity index is 2.06. The molecular formula is C13H11BrCl2N2S. The molecule has 0 bridgehead atoms. The zero-order valence-corrected chi connectivity index (χ0v) is 13.9. The van der Waals surface area contributed by atoms with Gasteiger partial charge in [-0.3, -0.25) is 0 Å². The maximum absolute atomic E-state index is 6.23. The van der Waals surface area contributed by atoms with Crippen LogP contribution in [-0.4, -0.2) is 9.97 Å². The van der Waals surface area contributed by atoms with Crippen LogP contribution in [0.3, 0.4) is 0 Å². The molecule has 0 unspecified atom stereocenters. The molecule has 0 amide bonds. The number of thiophene rings is 1. The Morgan fingerprint density at radius 3 is 2.53 bits per heavy atom. The molecule has 0 N–H and O–H groups in total. The lowest BCUT2D eigenvalue weighted by Gasteiger charge is -2.12. The molecule has 1 fully saturated rings. The monoisotopic (exact) mass is 376 g/mol. The maximum Gasteiger partial charge on any atom is 0.171 e. The molecule has 0 spiro atoms. The molecule has 0 aliphatic heterocycles. The molecule has 100 valence electrons. The SMILES string of the molecule is Clc1ccc(-c2nc(Cl)c(Br)c(C3CCCC3)n2)s1. The smallest absolute Gasteiger partial charge is 0.171 e. The molecule has 0 aromatic carbocycles. The van der Waals surface area contributed by atoms with Gasteiger partial charge in [-0.2, -0.15) is 0 Å². The van der Waals surface area contributed by atoms with E-state index >= 15 is 0 Å². The lowest BCUT2D eigenvalue weighted by molar-refractivity contribution is 0.691. The summed E-state index contributed by atoms with van der Waals surface area (Å²) in [4.78, 5) is 10.0. The topological polar surface area (TPSA) is 25.8 Å². The molecule has 2 aromatic rings. The van der Waals surface area contributed by atoms with E-state index in [4.69, 9.17) is 28.2 Å². The summed E-state index contributed by atoms with van der Waals surface area (Å²) in [7, 11) is 0. The van der Waals surface area contributed by atoms with Crippen molar-refractivity contribution in [2.24, 2.45) is 0 Å². The van der Waals surface area contributed by atoms with Crippen molar-refractivity contribution in [1.82, 2.24) is 9.97 Å². The third kappa shape index (κ3) is 2.82. The van der Waals surface area contributed by atoms with E-state index in [0.717, 1.165) is 19.4 Å². The molecule has 19 heavy (non-hydrogen) atoms. The summed E-state index contributed by atoms with van der Waals surface area (Å²) >= 11 is 17.2. The van der Waals surface area contributed by atoms with Gasteiger partial charge in [0.1, 0.15) is 5.15 Å². The highest BCUT2D eigenvalue weighted by Crippen LogP contribution is 2.40. The molecule has 1 aliphatic rings. The van der Waals surface area contributed by atoms with Gasteiger partial charge in [0, 0.05) is 5.92 Å². The summed E-state index contributed by atoms with van der Waals surface area (Å²) in [5, 5.41) is 0.483. The first-order valence-electron chi connectivity index (χ1n) is 6.14. The fraction of sp³-hybridized carbons (Fsp3) is 0.385. The maximum atomic E-state index is 6.23. The minimum absolute atomic E-state index is 0.483. The number of hydrogen-bond acceptors (Lipinski definition) is 3. The Morgan fingerprint density at radius 2 is 1.89 bits per heavy atom. The van der Waals surface area contributed by atoms with Crippen molar-refractivity contribution in [3.63, 3.8) is 0 Å². The summed E-state index contributed by atoms with van der Waals surface area (Å²) in [5.74, 6) is 1.16. The van der Waals surface area contributed by atoms with Crippen molar-refractivity contribution in [2.45, 2.75) is 31.6 Å². The Kier molecular flexibility index (Phi) is 4.13. The Hall–Kier alpha value is -0.160. The summed E-state index contributed by atoms with van der Waals surface area (Å²) < 4.78 is 1.58. The van der Waals surface area contributed by atoms with Gasteiger partial charge in [0.05, 0.1) is 19.4 Å². The second-order valence-corrected chi connectivity index (χ2v) is 7.49. The van der Waals surface area contributed by atoms with Crippen molar-refractivity contribution in [1.29, 1.82) is 0 Å². The van der Waals surface area contributed by atoms with Crippen LogP contribution in [0.4, 0.5) is 0 Å². The van der Waals surface area contributed by atoms with Crippen molar-refractivity contribution >= 4 is 50.5 Å². The van der Waals surface area contributed by atoms with Gasteiger partial charge in [-0.1, -0.05) is 36.0 Å². The summed E-state index contributed by atoms with van der Waals surface area (Å²) in [6.07, 6.45) is 4.88. The van der Waals surface area contributed by atoms with E-state index in [9.17, 15) is 0 Å². The van der Waals surface area contributed by atoms with Crippen LogP contribution in [0, 0.1) is 0 Å². The normalized spacial score (nSPS) is 16.2. The minimum Gasteiger partial charge on any atom is -0.231 e. The lowest BCUT2D eigenvalue weighted by atomic mass is 10.0. The molecule has 0 atom stereocenters. The second-order valence-electron chi connectivity index (χ2n) is 4.62. The van der Waals surface area contributed by atoms with Crippen LogP contribution < -0.4 is 0 Å². The second kappa shape index (κ2) is 5.68. The zero-order valence-electron chi connectivity index (χ0n) is 10.00. The first kappa shape index (κ1) is 13.8. The van der Waals surface area contributed by atoms with Crippen molar-refractivity contribution in [2.75, 3.05) is 0 Å². The van der Waals surface area contributed by atoms with Crippen LogP contribution in [0.1, 0.15) is 37.3 Å². The van der Waals surface area contributed by atoms with Gasteiger partial charge in [0.15, 0.2) is 5.82 Å². The third-order valence-electron chi connectivity index (χ3n) is 3.37.